The number of thiazole rings is 1. The molecule has 0 aliphatic carbocycles. The number of aromatic nitrogens is 1. The summed E-state index contributed by atoms with van der Waals surface area (Å²) in [5.41, 5.74) is 4.87. The van der Waals surface area contributed by atoms with Crippen LogP contribution in [0.2, 0.25) is 0 Å². The third-order valence-corrected chi connectivity index (χ3v) is 3.43. The number of anilines is 1. The predicted molar refractivity (Wildman–Crippen MR) is 63.9 cm³/mol. The zero-order valence-electron chi connectivity index (χ0n) is 9.31. The minimum absolute atomic E-state index is 0.215. The van der Waals surface area contributed by atoms with Gasteiger partial charge in [0, 0.05) is 38.0 Å². The normalized spacial score (nSPS) is 18.9. The second kappa shape index (κ2) is 4.99. The molecule has 0 saturated carbocycles. The zero-order valence-corrected chi connectivity index (χ0v) is 10.1. The van der Waals surface area contributed by atoms with Gasteiger partial charge in [0.25, 0.3) is 5.91 Å². The van der Waals surface area contributed by atoms with Crippen molar-refractivity contribution in [2.24, 2.45) is 0 Å². The number of hydrogen-bond donors (Lipinski definition) is 3. The van der Waals surface area contributed by atoms with Gasteiger partial charge in [0.2, 0.25) is 0 Å². The van der Waals surface area contributed by atoms with Gasteiger partial charge in [-0.3, -0.25) is 4.79 Å². The first-order valence-electron chi connectivity index (χ1n) is 5.38. The number of carbonyl (C=O) groups excluding carboxylic acids is 1. The maximum absolute atomic E-state index is 11.7. The van der Waals surface area contributed by atoms with Crippen LogP contribution in [0.3, 0.4) is 0 Å². The van der Waals surface area contributed by atoms with E-state index >= 15 is 0 Å². The summed E-state index contributed by atoms with van der Waals surface area (Å²) >= 11 is 1.22. The molecule has 0 unspecified atom stereocenters. The van der Waals surface area contributed by atoms with Crippen LogP contribution >= 0.6 is 11.3 Å². The van der Waals surface area contributed by atoms with E-state index < -0.39 is 5.60 Å². The standard InChI is InChI=1S/C10H15N3O3S/c11-9-13-7(5-17-9)8(14)12-6-10(15)1-3-16-4-2-10/h5,15H,1-4,6H2,(H2,11,13)(H,12,14). The van der Waals surface area contributed by atoms with Crippen molar-refractivity contribution in [3.05, 3.63) is 11.1 Å². The predicted octanol–water partition coefficient (Wildman–Crippen LogP) is -0.00340. The molecule has 0 spiro atoms. The van der Waals surface area contributed by atoms with Crippen molar-refractivity contribution in [3.63, 3.8) is 0 Å². The lowest BCUT2D eigenvalue weighted by Gasteiger charge is -2.31. The van der Waals surface area contributed by atoms with Crippen molar-refractivity contribution in [1.29, 1.82) is 0 Å². The lowest BCUT2D eigenvalue weighted by atomic mass is 9.94. The molecule has 1 fully saturated rings. The number of rotatable bonds is 3. The Bertz CT molecular complexity index is 401. The quantitative estimate of drug-likeness (QED) is 0.708. The maximum Gasteiger partial charge on any atom is 0.270 e. The molecular weight excluding hydrogens is 242 g/mol. The van der Waals surface area contributed by atoms with Crippen LogP contribution in [0.5, 0.6) is 0 Å². The van der Waals surface area contributed by atoms with Gasteiger partial charge in [-0.1, -0.05) is 0 Å². The summed E-state index contributed by atoms with van der Waals surface area (Å²) < 4.78 is 5.16. The molecule has 0 bridgehead atoms. The molecule has 2 rings (SSSR count). The van der Waals surface area contributed by atoms with Crippen molar-refractivity contribution < 1.29 is 14.6 Å². The maximum atomic E-state index is 11.7. The van der Waals surface area contributed by atoms with Crippen LogP contribution in [0.1, 0.15) is 23.3 Å². The summed E-state index contributed by atoms with van der Waals surface area (Å²) in [5, 5.41) is 14.8. The van der Waals surface area contributed by atoms with E-state index in [1.54, 1.807) is 5.38 Å². The van der Waals surface area contributed by atoms with Crippen LogP contribution in [-0.4, -0.2) is 41.4 Å². The number of nitrogens with zero attached hydrogens (tertiary/aromatic N) is 1. The summed E-state index contributed by atoms with van der Waals surface area (Å²) in [4.78, 5) is 15.6. The van der Waals surface area contributed by atoms with Gasteiger partial charge in [-0.05, 0) is 0 Å². The van der Waals surface area contributed by atoms with Gasteiger partial charge in [-0.15, -0.1) is 11.3 Å². The highest BCUT2D eigenvalue weighted by atomic mass is 32.1. The third-order valence-electron chi connectivity index (χ3n) is 2.76. The molecule has 1 saturated heterocycles. The second-order valence-electron chi connectivity index (χ2n) is 4.09. The van der Waals surface area contributed by atoms with Crippen molar-refractivity contribution in [1.82, 2.24) is 10.3 Å². The van der Waals surface area contributed by atoms with Gasteiger partial charge >= 0.3 is 0 Å². The Labute approximate surface area is 103 Å². The molecule has 7 heteroatoms. The van der Waals surface area contributed by atoms with E-state index in [-0.39, 0.29) is 12.5 Å². The first kappa shape index (κ1) is 12.3. The average molecular weight is 257 g/mol. The SMILES string of the molecule is Nc1nc(C(=O)NCC2(O)CCOCC2)cs1. The molecule has 0 radical (unpaired) electrons. The summed E-state index contributed by atoms with van der Waals surface area (Å²) in [5.74, 6) is -0.308. The molecule has 2 heterocycles. The van der Waals surface area contributed by atoms with Crippen LogP contribution in [0, 0.1) is 0 Å². The Kier molecular flexibility index (Phi) is 3.60. The van der Waals surface area contributed by atoms with Crippen LogP contribution in [0.15, 0.2) is 5.38 Å². The number of amides is 1. The first-order chi connectivity index (χ1) is 8.09. The highest BCUT2D eigenvalue weighted by molar-refractivity contribution is 7.13. The third kappa shape index (κ3) is 3.15. The smallest absolute Gasteiger partial charge is 0.270 e. The van der Waals surface area contributed by atoms with Gasteiger partial charge in [0.05, 0.1) is 5.60 Å². The summed E-state index contributed by atoms with van der Waals surface area (Å²) in [6.45, 7) is 1.26. The number of carbonyl (C=O) groups is 1. The molecule has 94 valence electrons. The highest BCUT2D eigenvalue weighted by Crippen LogP contribution is 2.19. The number of nitrogen functional groups attached to an aromatic ring is 1. The molecule has 1 aliphatic heterocycles. The fourth-order valence-corrected chi connectivity index (χ4v) is 2.20. The number of nitrogens with one attached hydrogen (secondary N) is 1. The average Bonchev–Trinajstić information content (AvgIpc) is 2.74. The number of hydrogen-bond acceptors (Lipinski definition) is 6. The topological polar surface area (TPSA) is 97.5 Å². The van der Waals surface area contributed by atoms with Crippen LogP contribution in [0.4, 0.5) is 5.13 Å². The van der Waals surface area contributed by atoms with Crippen LogP contribution in [0.25, 0.3) is 0 Å². The van der Waals surface area contributed by atoms with Gasteiger partial charge < -0.3 is 20.9 Å². The largest absolute Gasteiger partial charge is 0.388 e. The highest BCUT2D eigenvalue weighted by Gasteiger charge is 2.30. The minimum Gasteiger partial charge on any atom is -0.388 e. The summed E-state index contributed by atoms with van der Waals surface area (Å²) in [7, 11) is 0. The van der Waals surface area contributed by atoms with Gasteiger partial charge in [-0.25, -0.2) is 4.98 Å². The molecule has 1 aromatic rings. The second-order valence-corrected chi connectivity index (χ2v) is 4.98. The lowest BCUT2D eigenvalue weighted by molar-refractivity contribution is -0.0605. The zero-order chi connectivity index (χ0) is 12.3. The minimum atomic E-state index is -0.866. The molecule has 1 aromatic heterocycles. The van der Waals surface area contributed by atoms with E-state index in [1.807, 2.05) is 0 Å². The van der Waals surface area contributed by atoms with Gasteiger partial charge in [-0.2, -0.15) is 0 Å². The van der Waals surface area contributed by atoms with E-state index in [0.717, 1.165) is 0 Å². The Morgan fingerprint density at radius 1 is 1.65 bits per heavy atom. The van der Waals surface area contributed by atoms with E-state index in [1.165, 1.54) is 11.3 Å². The Morgan fingerprint density at radius 3 is 2.94 bits per heavy atom. The summed E-state index contributed by atoms with van der Waals surface area (Å²) in [6.07, 6.45) is 1.07. The molecule has 4 N–H and O–H groups in total. The van der Waals surface area contributed by atoms with Crippen LogP contribution < -0.4 is 11.1 Å². The van der Waals surface area contributed by atoms with Crippen molar-refractivity contribution in [2.45, 2.75) is 18.4 Å². The summed E-state index contributed by atoms with van der Waals surface area (Å²) in [6, 6.07) is 0. The molecule has 17 heavy (non-hydrogen) atoms. The number of nitrogens with two attached hydrogens (primary N) is 1. The Balaban J connectivity index is 1.87. The van der Waals surface area contributed by atoms with Crippen molar-refractivity contribution >= 4 is 22.4 Å². The van der Waals surface area contributed by atoms with E-state index in [4.69, 9.17) is 10.5 Å². The van der Waals surface area contributed by atoms with E-state index in [2.05, 4.69) is 10.3 Å². The fraction of sp³-hybridized carbons (Fsp3) is 0.600. The molecule has 1 amide bonds. The first-order valence-corrected chi connectivity index (χ1v) is 6.26. The number of ether oxygens (including phenoxy) is 1. The van der Waals surface area contributed by atoms with Crippen molar-refractivity contribution in [2.75, 3.05) is 25.5 Å². The van der Waals surface area contributed by atoms with Gasteiger partial charge in [0.15, 0.2) is 5.13 Å². The van der Waals surface area contributed by atoms with E-state index in [0.29, 0.717) is 36.9 Å². The molecule has 6 nitrogen and oxygen atoms in total. The molecule has 1 aliphatic rings. The molecule has 0 atom stereocenters. The lowest BCUT2D eigenvalue weighted by Crippen LogP contribution is -2.46. The van der Waals surface area contributed by atoms with Crippen molar-refractivity contribution in [3.8, 4) is 0 Å². The fourth-order valence-electron chi connectivity index (χ4n) is 1.66. The Hall–Kier alpha value is -1.18. The van der Waals surface area contributed by atoms with Crippen LogP contribution in [-0.2, 0) is 4.74 Å². The monoisotopic (exact) mass is 257 g/mol. The molecule has 0 aromatic carbocycles. The van der Waals surface area contributed by atoms with Gasteiger partial charge in [0.1, 0.15) is 5.69 Å². The molecular formula is C10H15N3O3S. The number of aliphatic hydroxyl groups is 1. The van der Waals surface area contributed by atoms with E-state index in [9.17, 15) is 9.90 Å². The Morgan fingerprint density at radius 2 is 2.35 bits per heavy atom.